The molecule has 2 aromatic heterocycles. The Morgan fingerprint density at radius 3 is 1.38 bits per heavy atom. The number of aromatic nitrogens is 2. The summed E-state index contributed by atoms with van der Waals surface area (Å²) in [5.41, 5.74) is 5.13. The summed E-state index contributed by atoms with van der Waals surface area (Å²) in [7, 11) is 0. The number of alkyl halides is 3. The third-order valence-electron chi connectivity index (χ3n) is 9.53. The van der Waals surface area contributed by atoms with Crippen LogP contribution in [-0.4, -0.2) is 9.13 Å². The molecule has 248 valence electrons. The molecule has 0 aliphatic heterocycles. The van der Waals surface area contributed by atoms with Gasteiger partial charge >= 0.3 is 6.18 Å². The van der Waals surface area contributed by atoms with Crippen LogP contribution >= 0.6 is 0 Å². The molecule has 7 nitrogen and oxygen atoms in total. The molecule has 0 aliphatic carbocycles. The normalized spacial score (nSPS) is 11.3. The Hall–Kier alpha value is -7.84. The number of halogens is 3. The number of hydrogen-bond acceptors (Lipinski definition) is 2. The lowest BCUT2D eigenvalue weighted by molar-refractivity contribution is -0.137. The molecule has 0 bridgehead atoms. The Labute approximate surface area is 300 Å². The maximum Gasteiger partial charge on any atom is 0.416 e. The minimum Gasteiger partial charge on any atom is -0.311 e. The molecule has 8 rings (SSSR count). The molecule has 2 heterocycles. The van der Waals surface area contributed by atoms with Crippen molar-refractivity contribution in [3.63, 3.8) is 0 Å². The van der Waals surface area contributed by atoms with Crippen LogP contribution in [0.4, 0.5) is 30.2 Å². The van der Waals surface area contributed by atoms with Crippen molar-refractivity contribution in [2.45, 2.75) is 13.1 Å². The standard InChI is InChI=1S/C43H20F3N7/c1-24-15-27(43(44,45)46)6-11-31(24)42-40(52-36-16-25(22-47)5-10-32(36)33-12-7-28(49-2)19-37(33)52)17-26(23-48)18-41(42)53-38-20-29(50-3)8-13-34(38)35-14-9-30(51-4)21-39(35)53/h5-21H,1H3. The number of benzene rings is 6. The highest BCUT2D eigenvalue weighted by atomic mass is 19.4. The highest BCUT2D eigenvalue weighted by molar-refractivity contribution is 6.13. The fraction of sp³-hybridized carbons (Fsp3) is 0.0465. The molecule has 8 aromatic rings. The summed E-state index contributed by atoms with van der Waals surface area (Å²) < 4.78 is 45.8. The predicted octanol–water partition coefficient (Wildman–Crippen LogP) is 12.3. The molecule has 0 fully saturated rings. The summed E-state index contributed by atoms with van der Waals surface area (Å²) in [6.07, 6.45) is -4.60. The van der Waals surface area contributed by atoms with Crippen LogP contribution in [0, 0.1) is 49.3 Å². The van der Waals surface area contributed by atoms with Gasteiger partial charge in [0.05, 0.1) is 65.4 Å². The highest BCUT2D eigenvalue weighted by Gasteiger charge is 2.32. The van der Waals surface area contributed by atoms with Crippen LogP contribution in [0.15, 0.2) is 103 Å². The van der Waals surface area contributed by atoms with Gasteiger partial charge in [-0.25, -0.2) is 14.5 Å². The SMILES string of the molecule is [C-]#[N+]c1ccc2c3ccc(C#N)cc3n(-c3cc(C#N)cc(-n4c5cc([N+]#[C-])ccc5c5ccc([N+]#[C-])cc54)c3-c3ccc(C(F)(F)F)cc3C)c2c1. The average Bonchev–Trinajstić information content (AvgIpc) is 3.67. The minimum atomic E-state index is -4.60. The fourth-order valence-electron chi connectivity index (χ4n) is 7.23. The second kappa shape index (κ2) is 11.9. The van der Waals surface area contributed by atoms with Crippen molar-refractivity contribution in [3.8, 4) is 34.6 Å². The van der Waals surface area contributed by atoms with Gasteiger partial charge in [-0.15, -0.1) is 0 Å². The van der Waals surface area contributed by atoms with Crippen molar-refractivity contribution < 1.29 is 13.2 Å². The van der Waals surface area contributed by atoms with Gasteiger partial charge in [0, 0.05) is 43.7 Å². The highest BCUT2D eigenvalue weighted by Crippen LogP contribution is 2.45. The van der Waals surface area contributed by atoms with Gasteiger partial charge in [-0.2, -0.15) is 23.7 Å². The van der Waals surface area contributed by atoms with Crippen LogP contribution in [-0.2, 0) is 6.18 Å². The first-order valence-corrected chi connectivity index (χ1v) is 16.0. The lowest BCUT2D eigenvalue weighted by atomic mass is 9.93. The molecule has 0 amide bonds. The van der Waals surface area contributed by atoms with Gasteiger partial charge in [-0.1, -0.05) is 48.5 Å². The van der Waals surface area contributed by atoms with E-state index in [9.17, 15) is 23.7 Å². The van der Waals surface area contributed by atoms with Crippen molar-refractivity contribution in [1.29, 1.82) is 10.5 Å². The van der Waals surface area contributed by atoms with Gasteiger partial charge in [0.25, 0.3) is 0 Å². The zero-order valence-corrected chi connectivity index (χ0v) is 27.6. The van der Waals surface area contributed by atoms with Crippen LogP contribution < -0.4 is 0 Å². The van der Waals surface area contributed by atoms with E-state index >= 15 is 0 Å². The van der Waals surface area contributed by atoms with E-state index in [4.69, 9.17) is 19.7 Å². The molecule has 0 unspecified atom stereocenters. The first-order chi connectivity index (χ1) is 25.6. The second-order valence-corrected chi connectivity index (χ2v) is 12.5. The molecule has 10 heteroatoms. The number of hydrogen-bond donors (Lipinski definition) is 0. The number of nitriles is 2. The number of rotatable bonds is 3. The quantitative estimate of drug-likeness (QED) is 0.173. The maximum absolute atomic E-state index is 14.0. The molecular formula is C43H20F3N7. The van der Waals surface area contributed by atoms with Crippen LogP contribution in [0.3, 0.4) is 0 Å². The van der Waals surface area contributed by atoms with E-state index in [0.29, 0.717) is 72.8 Å². The Morgan fingerprint density at radius 1 is 0.547 bits per heavy atom. The lowest BCUT2D eigenvalue weighted by Gasteiger charge is -2.22. The third-order valence-corrected chi connectivity index (χ3v) is 9.53. The van der Waals surface area contributed by atoms with E-state index in [-0.39, 0.29) is 5.56 Å². The smallest absolute Gasteiger partial charge is 0.311 e. The summed E-state index contributed by atoms with van der Waals surface area (Å²) in [4.78, 5) is 11.0. The van der Waals surface area contributed by atoms with Crippen LogP contribution in [0.25, 0.3) is 80.6 Å². The van der Waals surface area contributed by atoms with Crippen molar-refractivity contribution in [2.75, 3.05) is 0 Å². The molecule has 0 radical (unpaired) electrons. The third kappa shape index (κ3) is 5.01. The van der Waals surface area contributed by atoms with Gasteiger partial charge in [-0.05, 0) is 72.6 Å². The summed E-state index contributed by atoms with van der Waals surface area (Å²) in [6.45, 7) is 24.9. The van der Waals surface area contributed by atoms with Crippen LogP contribution in [0.1, 0.15) is 22.3 Å². The van der Waals surface area contributed by atoms with Crippen LogP contribution in [0.2, 0.25) is 0 Å². The molecule has 0 saturated heterocycles. The summed E-state index contributed by atoms with van der Waals surface area (Å²) in [5.74, 6) is 0. The zero-order valence-electron chi connectivity index (χ0n) is 27.6. The predicted molar refractivity (Wildman–Crippen MR) is 199 cm³/mol. The zero-order chi connectivity index (χ0) is 37.2. The largest absolute Gasteiger partial charge is 0.416 e. The van der Waals surface area contributed by atoms with Gasteiger partial charge in [0.1, 0.15) is 0 Å². The summed E-state index contributed by atoms with van der Waals surface area (Å²) in [5, 5.41) is 23.5. The van der Waals surface area contributed by atoms with Gasteiger partial charge < -0.3 is 9.13 Å². The van der Waals surface area contributed by atoms with Crippen molar-refractivity contribution in [3.05, 3.63) is 160 Å². The van der Waals surface area contributed by atoms with Crippen LogP contribution in [0.5, 0.6) is 0 Å². The van der Waals surface area contributed by atoms with Gasteiger partial charge in [0.15, 0.2) is 17.1 Å². The van der Waals surface area contributed by atoms with Crippen molar-refractivity contribution in [2.24, 2.45) is 0 Å². The summed E-state index contributed by atoms with van der Waals surface area (Å²) in [6, 6.07) is 32.1. The minimum absolute atomic E-state index is 0.216. The first kappa shape index (κ1) is 32.4. The Morgan fingerprint density at radius 2 is 0.981 bits per heavy atom. The van der Waals surface area contributed by atoms with E-state index in [1.54, 1.807) is 67.6 Å². The molecule has 0 spiro atoms. The lowest BCUT2D eigenvalue weighted by Crippen LogP contribution is -2.08. The molecular weight excluding hydrogens is 672 g/mol. The van der Waals surface area contributed by atoms with Gasteiger partial charge in [0.2, 0.25) is 0 Å². The topological polar surface area (TPSA) is 70.5 Å². The molecule has 0 saturated carbocycles. The first-order valence-electron chi connectivity index (χ1n) is 16.0. The fourth-order valence-corrected chi connectivity index (χ4v) is 7.23. The van der Waals surface area contributed by atoms with E-state index < -0.39 is 11.7 Å². The summed E-state index contributed by atoms with van der Waals surface area (Å²) >= 11 is 0. The average molecular weight is 692 g/mol. The molecule has 0 atom stereocenters. The Kier molecular flexibility index (Phi) is 7.26. The second-order valence-electron chi connectivity index (χ2n) is 12.5. The number of fused-ring (bicyclic) bond motifs is 6. The molecule has 6 aromatic carbocycles. The van der Waals surface area contributed by atoms with E-state index in [1.165, 1.54) is 6.07 Å². The van der Waals surface area contributed by atoms with Crippen molar-refractivity contribution >= 4 is 60.7 Å². The van der Waals surface area contributed by atoms with Crippen molar-refractivity contribution in [1.82, 2.24) is 9.13 Å². The van der Waals surface area contributed by atoms with E-state index in [1.807, 2.05) is 33.4 Å². The monoisotopic (exact) mass is 691 g/mol. The number of aryl methyl sites for hydroxylation is 1. The van der Waals surface area contributed by atoms with Gasteiger partial charge in [-0.3, -0.25) is 0 Å². The molecule has 0 aliphatic rings. The number of nitrogens with zero attached hydrogens (tertiary/aromatic N) is 7. The van der Waals surface area contributed by atoms with E-state index in [2.05, 4.69) is 26.7 Å². The maximum atomic E-state index is 14.0. The Balaban J connectivity index is 1.64. The molecule has 53 heavy (non-hydrogen) atoms. The Bertz CT molecular complexity index is 2810. The van der Waals surface area contributed by atoms with E-state index in [0.717, 1.165) is 33.7 Å². The molecule has 0 N–H and O–H groups in total.